The van der Waals surface area contributed by atoms with Crippen LogP contribution in [0.15, 0.2) is 24.3 Å². The quantitative estimate of drug-likeness (QED) is 0.224. The Labute approximate surface area is 257 Å². The second kappa shape index (κ2) is 17.6. The van der Waals surface area contributed by atoms with Crippen molar-refractivity contribution in [3.05, 3.63) is 24.3 Å². The second-order valence-electron chi connectivity index (χ2n) is 20.1. The molecule has 40 heavy (non-hydrogen) atoms. The lowest BCUT2D eigenvalue weighted by Crippen LogP contribution is -2.27. The summed E-state index contributed by atoms with van der Waals surface area (Å²) in [6.45, 7) is 41.5. The average Bonchev–Trinajstić information content (AvgIpc) is 2.66. The SMILES string of the molecule is CC(C)(C)/C=C\C=C/C(C)(C)C.CC(C)(C)CC1CCCCC1CC(C)(C)C.CC(C)(C)CCCCC(C)(C)C. The van der Waals surface area contributed by atoms with E-state index in [0.29, 0.717) is 32.5 Å². The van der Waals surface area contributed by atoms with E-state index in [1.807, 2.05) is 0 Å². The van der Waals surface area contributed by atoms with Crippen LogP contribution in [0.5, 0.6) is 0 Å². The summed E-state index contributed by atoms with van der Waals surface area (Å²) in [4.78, 5) is 0. The Morgan fingerprint density at radius 1 is 0.425 bits per heavy atom. The molecule has 0 aromatic heterocycles. The zero-order valence-electron chi connectivity index (χ0n) is 31.5. The van der Waals surface area contributed by atoms with Gasteiger partial charge in [-0.05, 0) is 70.0 Å². The number of rotatable bonds is 6. The molecule has 0 aromatic carbocycles. The summed E-state index contributed by atoms with van der Waals surface area (Å²) in [5.41, 5.74) is 2.66. The molecular weight excluding hydrogens is 480 g/mol. The van der Waals surface area contributed by atoms with Gasteiger partial charge < -0.3 is 0 Å². The predicted molar refractivity (Wildman–Crippen MR) is 188 cm³/mol. The molecule has 0 bridgehead atoms. The van der Waals surface area contributed by atoms with Gasteiger partial charge in [-0.3, -0.25) is 0 Å². The van der Waals surface area contributed by atoms with Crippen LogP contribution in [-0.4, -0.2) is 0 Å². The molecule has 0 aliphatic heterocycles. The van der Waals surface area contributed by atoms with Gasteiger partial charge in [-0.15, -0.1) is 0 Å². The van der Waals surface area contributed by atoms with Gasteiger partial charge in [0.1, 0.15) is 0 Å². The molecule has 2 unspecified atom stereocenters. The van der Waals surface area contributed by atoms with Crippen LogP contribution in [0.2, 0.25) is 0 Å². The molecule has 0 spiro atoms. The smallest absolute Gasteiger partial charge is 0.0200 e. The summed E-state index contributed by atoms with van der Waals surface area (Å²) >= 11 is 0. The maximum atomic E-state index is 2.40. The first kappa shape index (κ1) is 41.6. The highest BCUT2D eigenvalue weighted by Gasteiger charge is 2.31. The highest BCUT2D eigenvalue weighted by Crippen LogP contribution is 2.43. The zero-order valence-corrected chi connectivity index (χ0v) is 31.5. The van der Waals surface area contributed by atoms with Crippen LogP contribution in [0.25, 0.3) is 0 Å². The Bertz CT molecular complexity index is 611. The van der Waals surface area contributed by atoms with Crippen LogP contribution in [0.1, 0.15) is 189 Å². The molecular formula is C40H80. The van der Waals surface area contributed by atoms with Crippen molar-refractivity contribution >= 4 is 0 Å². The molecule has 1 aliphatic rings. The fraction of sp³-hybridized carbons (Fsp3) is 0.900. The Morgan fingerprint density at radius 2 is 0.700 bits per heavy atom. The molecule has 0 nitrogen and oxygen atoms in total. The molecule has 0 radical (unpaired) electrons. The Kier molecular flexibility index (Phi) is 18.3. The van der Waals surface area contributed by atoms with Gasteiger partial charge in [0.15, 0.2) is 0 Å². The van der Waals surface area contributed by atoms with Crippen LogP contribution in [-0.2, 0) is 0 Å². The minimum atomic E-state index is 0.294. The van der Waals surface area contributed by atoms with Crippen molar-refractivity contribution in [2.24, 2.45) is 44.3 Å². The van der Waals surface area contributed by atoms with E-state index in [1.165, 1.54) is 64.2 Å². The van der Waals surface area contributed by atoms with Crippen LogP contribution in [0.3, 0.4) is 0 Å². The van der Waals surface area contributed by atoms with E-state index < -0.39 is 0 Å². The van der Waals surface area contributed by atoms with Crippen molar-refractivity contribution in [3.63, 3.8) is 0 Å². The highest BCUT2D eigenvalue weighted by molar-refractivity contribution is 5.08. The molecule has 240 valence electrons. The third kappa shape index (κ3) is 33.7. The Balaban J connectivity index is 0. The maximum absolute atomic E-state index is 2.40. The number of hydrogen-bond donors (Lipinski definition) is 0. The summed E-state index contributed by atoms with van der Waals surface area (Å²) < 4.78 is 0. The molecule has 2 atom stereocenters. The van der Waals surface area contributed by atoms with Gasteiger partial charge in [0, 0.05) is 0 Å². The van der Waals surface area contributed by atoms with Gasteiger partial charge in [0.05, 0.1) is 0 Å². The normalized spacial score (nSPS) is 19.8. The fourth-order valence-corrected chi connectivity index (χ4v) is 5.39. The van der Waals surface area contributed by atoms with Crippen molar-refractivity contribution < 1.29 is 0 Å². The number of hydrogen-bond acceptors (Lipinski definition) is 0. The first-order valence-electron chi connectivity index (χ1n) is 17.0. The van der Waals surface area contributed by atoms with Crippen molar-refractivity contribution in [1.29, 1.82) is 0 Å². The largest absolute Gasteiger partial charge is 0.0791 e. The van der Waals surface area contributed by atoms with Gasteiger partial charge in [-0.2, -0.15) is 0 Å². The lowest BCUT2D eigenvalue weighted by Gasteiger charge is -2.38. The summed E-state index contributed by atoms with van der Waals surface area (Å²) in [6.07, 6.45) is 23.0. The first-order chi connectivity index (χ1) is 17.6. The van der Waals surface area contributed by atoms with Gasteiger partial charge in [-0.1, -0.05) is 187 Å². The van der Waals surface area contributed by atoms with E-state index in [4.69, 9.17) is 0 Å². The second-order valence-corrected chi connectivity index (χ2v) is 20.1. The van der Waals surface area contributed by atoms with Gasteiger partial charge in [0.25, 0.3) is 0 Å². The standard InChI is InChI=1S/C16H32.C12H26.C12H22/c1-15(2,3)11-13-9-7-8-10-14(13)12-16(4,5)6;2*1-11(2,3)9-7-8-10-12(4,5)6/h13-14H,7-12H2,1-6H3;7-10H2,1-6H3;7-10H,1-6H3/b;;9-7-,10-8-. The molecule has 0 aromatic rings. The third-order valence-corrected chi connectivity index (χ3v) is 7.22. The van der Waals surface area contributed by atoms with Crippen LogP contribution < -0.4 is 0 Å². The molecule has 1 fully saturated rings. The minimum Gasteiger partial charge on any atom is -0.0791 e. The van der Waals surface area contributed by atoms with E-state index in [2.05, 4.69) is 149 Å². The Hall–Kier alpha value is -0.520. The van der Waals surface area contributed by atoms with Crippen molar-refractivity contribution in [2.45, 2.75) is 189 Å². The maximum Gasteiger partial charge on any atom is -0.0200 e. The number of allylic oxidation sites excluding steroid dienone is 4. The zero-order chi connectivity index (χ0) is 32.1. The summed E-state index contributed by atoms with van der Waals surface area (Å²) in [5.74, 6) is 1.99. The third-order valence-electron chi connectivity index (χ3n) is 7.22. The molecule has 0 N–H and O–H groups in total. The number of unbranched alkanes of at least 4 members (excludes halogenated alkanes) is 1. The van der Waals surface area contributed by atoms with E-state index in [-0.39, 0.29) is 0 Å². The summed E-state index contributed by atoms with van der Waals surface area (Å²) in [6, 6.07) is 0. The van der Waals surface area contributed by atoms with Gasteiger partial charge in [0.2, 0.25) is 0 Å². The Morgan fingerprint density at radius 3 is 0.900 bits per heavy atom. The molecule has 0 heteroatoms. The van der Waals surface area contributed by atoms with Crippen LogP contribution in [0.4, 0.5) is 0 Å². The summed E-state index contributed by atoms with van der Waals surface area (Å²) in [5, 5.41) is 0. The molecule has 0 heterocycles. The van der Waals surface area contributed by atoms with Crippen molar-refractivity contribution in [3.8, 4) is 0 Å². The fourth-order valence-electron chi connectivity index (χ4n) is 5.39. The highest BCUT2D eigenvalue weighted by atomic mass is 14.4. The predicted octanol–water partition coefficient (Wildman–Crippen LogP) is 14.5. The molecule has 1 rings (SSSR count). The monoisotopic (exact) mass is 561 g/mol. The van der Waals surface area contributed by atoms with E-state index in [0.717, 1.165) is 11.8 Å². The average molecular weight is 561 g/mol. The van der Waals surface area contributed by atoms with Crippen molar-refractivity contribution in [2.75, 3.05) is 0 Å². The molecule has 0 saturated heterocycles. The van der Waals surface area contributed by atoms with E-state index in [9.17, 15) is 0 Å². The van der Waals surface area contributed by atoms with Gasteiger partial charge >= 0.3 is 0 Å². The minimum absolute atomic E-state index is 0.294. The summed E-state index contributed by atoms with van der Waals surface area (Å²) in [7, 11) is 0. The molecule has 1 aliphatic carbocycles. The van der Waals surface area contributed by atoms with Crippen LogP contribution >= 0.6 is 0 Å². The molecule has 1 saturated carbocycles. The van der Waals surface area contributed by atoms with Crippen LogP contribution in [0, 0.1) is 44.3 Å². The lowest BCUT2D eigenvalue weighted by atomic mass is 9.67. The lowest BCUT2D eigenvalue weighted by molar-refractivity contribution is 0.126. The van der Waals surface area contributed by atoms with E-state index in [1.54, 1.807) is 0 Å². The molecule has 0 amide bonds. The first-order valence-corrected chi connectivity index (χ1v) is 17.0. The van der Waals surface area contributed by atoms with Gasteiger partial charge in [-0.25, -0.2) is 0 Å². The van der Waals surface area contributed by atoms with Crippen molar-refractivity contribution in [1.82, 2.24) is 0 Å². The van der Waals surface area contributed by atoms with E-state index >= 15 is 0 Å². The topological polar surface area (TPSA) is 0 Å².